The Labute approximate surface area is 123 Å². The summed E-state index contributed by atoms with van der Waals surface area (Å²) >= 11 is 0. The average molecular weight is 298 g/mol. The maximum absolute atomic E-state index is 13.2. The molecule has 4 nitrogen and oxygen atoms in total. The molecule has 0 saturated carbocycles. The Morgan fingerprint density at radius 3 is 2.90 bits per heavy atom. The van der Waals surface area contributed by atoms with Gasteiger partial charge in [-0.15, -0.1) is 12.4 Å². The molecule has 0 amide bonds. The van der Waals surface area contributed by atoms with Gasteiger partial charge in [0.25, 0.3) is 0 Å². The number of nitrogens with zero attached hydrogens (tertiary/aromatic N) is 2. The third-order valence-corrected chi connectivity index (χ3v) is 3.47. The van der Waals surface area contributed by atoms with E-state index in [1.807, 2.05) is 0 Å². The van der Waals surface area contributed by atoms with Crippen LogP contribution in [0.1, 0.15) is 36.8 Å². The van der Waals surface area contributed by atoms with E-state index in [1.165, 1.54) is 18.9 Å². The van der Waals surface area contributed by atoms with Gasteiger partial charge in [-0.25, -0.2) is 4.39 Å². The van der Waals surface area contributed by atoms with E-state index < -0.39 is 0 Å². The molecule has 1 N–H and O–H groups in total. The summed E-state index contributed by atoms with van der Waals surface area (Å²) < 4.78 is 18.5. The van der Waals surface area contributed by atoms with Crippen LogP contribution in [0.2, 0.25) is 0 Å². The lowest BCUT2D eigenvalue weighted by Gasteiger charge is -2.19. The molecule has 1 aliphatic heterocycles. The molecule has 1 aromatic carbocycles. The number of hydrogen-bond donors (Lipinski definition) is 1. The van der Waals surface area contributed by atoms with Crippen LogP contribution in [0.25, 0.3) is 11.4 Å². The fraction of sp³-hybridized carbons (Fsp3) is 0.429. The van der Waals surface area contributed by atoms with Gasteiger partial charge in [-0.05, 0) is 50.1 Å². The largest absolute Gasteiger partial charge is 0.337 e. The predicted octanol–water partition coefficient (Wildman–Crippen LogP) is 3.42. The molecule has 0 radical (unpaired) electrons. The number of aryl methyl sites for hydroxylation is 1. The minimum Gasteiger partial charge on any atom is -0.337 e. The fourth-order valence-electron chi connectivity index (χ4n) is 2.34. The molecule has 108 valence electrons. The van der Waals surface area contributed by atoms with E-state index in [-0.39, 0.29) is 24.3 Å². The van der Waals surface area contributed by atoms with Crippen LogP contribution in [-0.4, -0.2) is 16.7 Å². The van der Waals surface area contributed by atoms with Crippen LogP contribution in [0.15, 0.2) is 22.7 Å². The van der Waals surface area contributed by atoms with Gasteiger partial charge in [0.1, 0.15) is 5.82 Å². The van der Waals surface area contributed by atoms with Gasteiger partial charge in [0, 0.05) is 5.56 Å². The monoisotopic (exact) mass is 297 g/mol. The van der Waals surface area contributed by atoms with E-state index in [1.54, 1.807) is 19.1 Å². The van der Waals surface area contributed by atoms with Gasteiger partial charge >= 0.3 is 0 Å². The average Bonchev–Trinajstić information content (AvgIpc) is 2.93. The highest BCUT2D eigenvalue weighted by atomic mass is 35.5. The van der Waals surface area contributed by atoms with Crippen LogP contribution in [0.5, 0.6) is 0 Å². The lowest BCUT2D eigenvalue weighted by Crippen LogP contribution is -2.26. The molecule has 20 heavy (non-hydrogen) atoms. The van der Waals surface area contributed by atoms with Crippen LogP contribution in [0.4, 0.5) is 4.39 Å². The number of nitrogens with one attached hydrogen (secondary N) is 1. The number of aromatic nitrogens is 2. The molecule has 0 aliphatic carbocycles. The second-order valence-electron chi connectivity index (χ2n) is 4.92. The molecule has 3 rings (SSSR count). The molecular formula is C14H17ClFN3O. The van der Waals surface area contributed by atoms with Crippen LogP contribution < -0.4 is 5.32 Å². The van der Waals surface area contributed by atoms with Crippen molar-refractivity contribution in [3.8, 4) is 11.4 Å². The van der Waals surface area contributed by atoms with E-state index >= 15 is 0 Å². The zero-order valence-electron chi connectivity index (χ0n) is 11.2. The smallest absolute Gasteiger partial charge is 0.244 e. The van der Waals surface area contributed by atoms with Crippen molar-refractivity contribution in [2.75, 3.05) is 6.54 Å². The zero-order valence-corrected chi connectivity index (χ0v) is 12.0. The Morgan fingerprint density at radius 1 is 1.35 bits per heavy atom. The summed E-state index contributed by atoms with van der Waals surface area (Å²) in [4.78, 5) is 4.41. The van der Waals surface area contributed by atoms with E-state index in [0.717, 1.165) is 18.5 Å². The molecule has 1 saturated heterocycles. The van der Waals surface area contributed by atoms with Crippen molar-refractivity contribution in [2.45, 2.75) is 32.2 Å². The molecule has 1 aliphatic rings. The minimum atomic E-state index is -0.221. The highest BCUT2D eigenvalue weighted by Crippen LogP contribution is 2.25. The lowest BCUT2D eigenvalue weighted by atomic mass is 10.1. The Bertz CT molecular complexity index is 582. The molecule has 2 heterocycles. The second kappa shape index (κ2) is 6.33. The van der Waals surface area contributed by atoms with Crippen molar-refractivity contribution >= 4 is 12.4 Å². The van der Waals surface area contributed by atoms with Crippen molar-refractivity contribution < 1.29 is 8.91 Å². The molecule has 1 aromatic heterocycles. The van der Waals surface area contributed by atoms with Crippen molar-refractivity contribution in [3.05, 3.63) is 35.5 Å². The van der Waals surface area contributed by atoms with E-state index in [2.05, 4.69) is 15.5 Å². The maximum Gasteiger partial charge on any atom is 0.244 e. The van der Waals surface area contributed by atoms with Crippen molar-refractivity contribution in [1.29, 1.82) is 0 Å². The molecular weight excluding hydrogens is 281 g/mol. The molecule has 0 unspecified atom stereocenters. The molecule has 6 heteroatoms. The summed E-state index contributed by atoms with van der Waals surface area (Å²) in [5.74, 6) is 0.920. The quantitative estimate of drug-likeness (QED) is 0.923. The summed E-state index contributed by atoms with van der Waals surface area (Å²) in [6, 6.07) is 4.99. The first-order valence-electron chi connectivity index (χ1n) is 6.57. The Morgan fingerprint density at radius 2 is 2.20 bits per heavy atom. The summed E-state index contributed by atoms with van der Waals surface area (Å²) in [6.45, 7) is 2.71. The highest BCUT2D eigenvalue weighted by Gasteiger charge is 2.21. The number of hydrogen-bond acceptors (Lipinski definition) is 4. The number of piperidine rings is 1. The molecule has 2 aromatic rings. The lowest BCUT2D eigenvalue weighted by molar-refractivity contribution is 0.297. The van der Waals surface area contributed by atoms with Crippen LogP contribution in [0, 0.1) is 12.7 Å². The van der Waals surface area contributed by atoms with E-state index in [9.17, 15) is 4.39 Å². The minimum absolute atomic E-state index is 0. The SMILES string of the molecule is Cc1cc(-c2noc([C@H]3CCCCN3)n2)ccc1F.Cl. The van der Waals surface area contributed by atoms with Gasteiger partial charge in [-0.1, -0.05) is 11.6 Å². The topological polar surface area (TPSA) is 51.0 Å². The Balaban J connectivity index is 0.00000147. The highest BCUT2D eigenvalue weighted by molar-refractivity contribution is 5.85. The summed E-state index contributed by atoms with van der Waals surface area (Å²) in [5.41, 5.74) is 1.37. The van der Waals surface area contributed by atoms with Gasteiger partial charge in [0.05, 0.1) is 6.04 Å². The van der Waals surface area contributed by atoms with Crippen LogP contribution >= 0.6 is 12.4 Å². The van der Waals surface area contributed by atoms with Crippen molar-refractivity contribution in [3.63, 3.8) is 0 Å². The van der Waals surface area contributed by atoms with Gasteiger partial charge in [-0.3, -0.25) is 0 Å². The first-order valence-corrected chi connectivity index (χ1v) is 6.57. The number of halogens is 2. The summed E-state index contributed by atoms with van der Waals surface area (Å²) in [7, 11) is 0. The van der Waals surface area contributed by atoms with Gasteiger partial charge in [-0.2, -0.15) is 4.98 Å². The standard InChI is InChI=1S/C14H16FN3O.ClH/c1-9-8-10(5-6-11(9)15)13-17-14(19-18-13)12-4-2-3-7-16-12;/h5-6,8,12,16H,2-4,7H2,1H3;1H/t12-;/m1./s1. The van der Waals surface area contributed by atoms with Crippen LogP contribution in [0.3, 0.4) is 0 Å². The maximum atomic E-state index is 13.2. The second-order valence-corrected chi connectivity index (χ2v) is 4.92. The molecule has 1 fully saturated rings. The first-order chi connectivity index (χ1) is 9.24. The third-order valence-electron chi connectivity index (χ3n) is 3.47. The summed E-state index contributed by atoms with van der Waals surface area (Å²) in [6.07, 6.45) is 3.38. The number of benzene rings is 1. The normalized spacial score (nSPS) is 18.6. The summed E-state index contributed by atoms with van der Waals surface area (Å²) in [5, 5.41) is 7.35. The predicted molar refractivity (Wildman–Crippen MR) is 76.3 cm³/mol. The molecule has 1 atom stereocenters. The van der Waals surface area contributed by atoms with E-state index in [0.29, 0.717) is 17.3 Å². The fourth-order valence-corrected chi connectivity index (χ4v) is 2.34. The van der Waals surface area contributed by atoms with Gasteiger partial charge in [0.15, 0.2) is 0 Å². The first kappa shape index (κ1) is 14.9. The van der Waals surface area contributed by atoms with Crippen molar-refractivity contribution in [1.82, 2.24) is 15.5 Å². The van der Waals surface area contributed by atoms with Gasteiger partial charge < -0.3 is 9.84 Å². The van der Waals surface area contributed by atoms with Crippen LogP contribution in [-0.2, 0) is 0 Å². The zero-order chi connectivity index (χ0) is 13.2. The number of rotatable bonds is 2. The molecule has 0 spiro atoms. The van der Waals surface area contributed by atoms with E-state index in [4.69, 9.17) is 4.52 Å². The third kappa shape index (κ3) is 2.99. The van der Waals surface area contributed by atoms with Gasteiger partial charge in [0.2, 0.25) is 11.7 Å². The molecule has 0 bridgehead atoms. The Hall–Kier alpha value is -1.46. The van der Waals surface area contributed by atoms with Crippen molar-refractivity contribution in [2.24, 2.45) is 0 Å². The Kier molecular flexibility index (Phi) is 4.73.